The first kappa shape index (κ1) is 13.9. The molecular formula is C13H20ClNS. The lowest BCUT2D eigenvalue weighted by Gasteiger charge is -2.15. The van der Waals surface area contributed by atoms with E-state index in [9.17, 15) is 0 Å². The number of hydrogen-bond acceptors (Lipinski definition) is 2. The predicted molar refractivity (Wildman–Crippen MR) is 74.6 cm³/mol. The first-order valence-electron chi connectivity index (χ1n) is 5.67. The summed E-state index contributed by atoms with van der Waals surface area (Å²) in [5.74, 6) is 0.688. The van der Waals surface area contributed by atoms with Gasteiger partial charge in [0.15, 0.2) is 0 Å². The quantitative estimate of drug-likeness (QED) is 0.609. The molecule has 1 aromatic carbocycles. The lowest BCUT2D eigenvalue weighted by atomic mass is 10.1. The second-order valence-electron chi connectivity index (χ2n) is 4.05. The van der Waals surface area contributed by atoms with Gasteiger partial charge in [-0.1, -0.05) is 26.0 Å². The van der Waals surface area contributed by atoms with Crippen LogP contribution in [0.3, 0.4) is 0 Å². The smallest absolute Gasteiger partial charge is 0.0328 e. The molecule has 1 atom stereocenters. The normalized spacial score (nSPS) is 13.1. The highest BCUT2D eigenvalue weighted by Crippen LogP contribution is 2.25. The topological polar surface area (TPSA) is 12.0 Å². The first-order valence-corrected chi connectivity index (χ1v) is 7.08. The highest BCUT2D eigenvalue weighted by atomic mass is 35.5. The summed E-state index contributed by atoms with van der Waals surface area (Å²) in [6, 6.07) is 9.14. The van der Waals surface area contributed by atoms with Crippen LogP contribution in [0.25, 0.3) is 0 Å². The van der Waals surface area contributed by atoms with Crippen LogP contribution in [0, 0.1) is 0 Å². The Balaban J connectivity index is 2.69. The van der Waals surface area contributed by atoms with Crippen molar-refractivity contribution < 1.29 is 0 Å². The summed E-state index contributed by atoms with van der Waals surface area (Å²) in [6.07, 6.45) is 0.967. The van der Waals surface area contributed by atoms with E-state index in [2.05, 4.69) is 43.4 Å². The molecule has 16 heavy (non-hydrogen) atoms. The number of nitrogens with one attached hydrogen (secondary N) is 1. The SMILES string of the molecule is CNC(CCCl)c1ccc(SC(C)C)cc1. The van der Waals surface area contributed by atoms with Gasteiger partial charge in [-0.2, -0.15) is 0 Å². The fourth-order valence-electron chi connectivity index (χ4n) is 1.64. The van der Waals surface area contributed by atoms with Crippen LogP contribution in [0.1, 0.15) is 31.9 Å². The van der Waals surface area contributed by atoms with Crippen molar-refractivity contribution >= 4 is 23.4 Å². The van der Waals surface area contributed by atoms with Gasteiger partial charge in [-0.3, -0.25) is 0 Å². The Bertz CT molecular complexity index is 297. The van der Waals surface area contributed by atoms with Crippen molar-refractivity contribution in [3.63, 3.8) is 0 Å². The molecule has 0 aliphatic heterocycles. The number of thioether (sulfide) groups is 1. The molecule has 1 unspecified atom stereocenters. The van der Waals surface area contributed by atoms with Gasteiger partial charge in [0.05, 0.1) is 0 Å². The second-order valence-corrected chi connectivity index (χ2v) is 6.08. The molecule has 90 valence electrons. The minimum absolute atomic E-state index is 0.371. The van der Waals surface area contributed by atoms with Crippen LogP contribution in [-0.4, -0.2) is 18.2 Å². The molecule has 1 N–H and O–H groups in total. The van der Waals surface area contributed by atoms with Gasteiger partial charge in [-0.15, -0.1) is 23.4 Å². The third-order valence-corrected chi connectivity index (χ3v) is 3.63. The summed E-state index contributed by atoms with van der Waals surface area (Å²) in [4.78, 5) is 1.33. The van der Waals surface area contributed by atoms with Crippen LogP contribution < -0.4 is 5.32 Å². The number of hydrogen-bond donors (Lipinski definition) is 1. The van der Waals surface area contributed by atoms with Gasteiger partial charge >= 0.3 is 0 Å². The number of benzene rings is 1. The van der Waals surface area contributed by atoms with Crippen LogP contribution in [0.4, 0.5) is 0 Å². The number of rotatable bonds is 6. The lowest BCUT2D eigenvalue weighted by Crippen LogP contribution is -2.16. The van der Waals surface area contributed by atoms with E-state index >= 15 is 0 Å². The van der Waals surface area contributed by atoms with Crippen molar-refractivity contribution in [2.24, 2.45) is 0 Å². The van der Waals surface area contributed by atoms with Crippen LogP contribution in [0.15, 0.2) is 29.2 Å². The summed E-state index contributed by atoms with van der Waals surface area (Å²) in [7, 11) is 1.98. The van der Waals surface area contributed by atoms with Crippen molar-refractivity contribution in [3.05, 3.63) is 29.8 Å². The van der Waals surface area contributed by atoms with Crippen LogP contribution in [0.2, 0.25) is 0 Å². The van der Waals surface area contributed by atoms with Crippen LogP contribution >= 0.6 is 23.4 Å². The molecule has 0 aromatic heterocycles. The number of alkyl halides is 1. The Labute approximate surface area is 108 Å². The van der Waals surface area contributed by atoms with E-state index in [0.29, 0.717) is 17.2 Å². The molecule has 1 nitrogen and oxygen atoms in total. The lowest BCUT2D eigenvalue weighted by molar-refractivity contribution is 0.579. The summed E-state index contributed by atoms with van der Waals surface area (Å²) >= 11 is 7.67. The maximum atomic E-state index is 5.78. The van der Waals surface area contributed by atoms with E-state index < -0.39 is 0 Å². The van der Waals surface area contributed by atoms with E-state index in [1.165, 1.54) is 10.5 Å². The molecule has 0 radical (unpaired) electrons. The van der Waals surface area contributed by atoms with E-state index in [1.807, 2.05) is 18.8 Å². The Morgan fingerprint density at radius 3 is 2.31 bits per heavy atom. The van der Waals surface area contributed by atoms with Gasteiger partial charge in [-0.05, 0) is 31.2 Å². The first-order chi connectivity index (χ1) is 7.67. The van der Waals surface area contributed by atoms with E-state index in [-0.39, 0.29) is 0 Å². The Kier molecular flexibility index (Phi) is 6.25. The van der Waals surface area contributed by atoms with Crippen molar-refractivity contribution in [2.45, 2.75) is 36.5 Å². The minimum Gasteiger partial charge on any atom is -0.313 e. The molecule has 0 amide bonds. The molecule has 0 aliphatic rings. The highest BCUT2D eigenvalue weighted by molar-refractivity contribution is 7.99. The van der Waals surface area contributed by atoms with Gasteiger partial charge < -0.3 is 5.32 Å². The van der Waals surface area contributed by atoms with Gasteiger partial charge in [0, 0.05) is 22.1 Å². The largest absolute Gasteiger partial charge is 0.313 e. The molecule has 0 aliphatic carbocycles. The van der Waals surface area contributed by atoms with Crippen molar-refractivity contribution in [3.8, 4) is 0 Å². The minimum atomic E-state index is 0.371. The molecule has 0 spiro atoms. The molecule has 1 aromatic rings. The van der Waals surface area contributed by atoms with Gasteiger partial charge in [-0.25, -0.2) is 0 Å². The zero-order valence-electron chi connectivity index (χ0n) is 10.2. The van der Waals surface area contributed by atoms with Gasteiger partial charge in [0.1, 0.15) is 0 Å². The van der Waals surface area contributed by atoms with Crippen molar-refractivity contribution in [1.29, 1.82) is 0 Å². The summed E-state index contributed by atoms with van der Waals surface area (Å²) in [5.41, 5.74) is 1.32. The van der Waals surface area contributed by atoms with Crippen LogP contribution in [-0.2, 0) is 0 Å². The van der Waals surface area contributed by atoms with E-state index in [0.717, 1.165) is 6.42 Å². The fourth-order valence-corrected chi connectivity index (χ4v) is 2.69. The average Bonchev–Trinajstić information content (AvgIpc) is 2.26. The Hall–Kier alpha value is -0.180. The molecule has 0 bridgehead atoms. The zero-order chi connectivity index (χ0) is 12.0. The Morgan fingerprint density at radius 2 is 1.88 bits per heavy atom. The summed E-state index contributed by atoms with van der Waals surface area (Å²) in [5, 5.41) is 3.92. The Morgan fingerprint density at radius 1 is 1.25 bits per heavy atom. The average molecular weight is 258 g/mol. The fraction of sp³-hybridized carbons (Fsp3) is 0.538. The van der Waals surface area contributed by atoms with Crippen molar-refractivity contribution in [2.75, 3.05) is 12.9 Å². The van der Waals surface area contributed by atoms with Crippen molar-refractivity contribution in [1.82, 2.24) is 5.32 Å². The monoisotopic (exact) mass is 257 g/mol. The molecular weight excluding hydrogens is 238 g/mol. The zero-order valence-corrected chi connectivity index (χ0v) is 11.7. The maximum Gasteiger partial charge on any atom is 0.0328 e. The molecule has 0 fully saturated rings. The highest BCUT2D eigenvalue weighted by Gasteiger charge is 2.08. The molecule has 0 saturated carbocycles. The maximum absolute atomic E-state index is 5.78. The summed E-state index contributed by atoms with van der Waals surface area (Å²) in [6.45, 7) is 4.42. The standard InChI is InChI=1S/C13H20ClNS/c1-10(2)16-12-6-4-11(5-7-12)13(15-3)8-9-14/h4-7,10,13,15H,8-9H2,1-3H3. The third kappa shape index (κ3) is 4.36. The number of halogens is 1. The third-order valence-electron chi connectivity index (χ3n) is 2.40. The second kappa shape index (κ2) is 7.21. The molecule has 1 rings (SSSR count). The van der Waals surface area contributed by atoms with Gasteiger partial charge in [0.25, 0.3) is 0 Å². The molecule has 3 heteroatoms. The summed E-state index contributed by atoms with van der Waals surface area (Å²) < 4.78 is 0. The van der Waals surface area contributed by atoms with Crippen LogP contribution in [0.5, 0.6) is 0 Å². The molecule has 0 saturated heterocycles. The van der Waals surface area contributed by atoms with E-state index in [1.54, 1.807) is 0 Å². The molecule has 0 heterocycles. The van der Waals surface area contributed by atoms with Gasteiger partial charge in [0.2, 0.25) is 0 Å². The van der Waals surface area contributed by atoms with E-state index in [4.69, 9.17) is 11.6 Å². The predicted octanol–water partition coefficient (Wildman–Crippen LogP) is 4.08.